The maximum absolute atomic E-state index is 12.2. The van der Waals surface area contributed by atoms with Gasteiger partial charge in [-0.1, -0.05) is 48.5 Å². The fourth-order valence-electron chi connectivity index (χ4n) is 3.64. The van der Waals surface area contributed by atoms with E-state index in [2.05, 4.69) is 36.4 Å². The quantitative estimate of drug-likeness (QED) is 0.908. The molecule has 2 aromatic carbocycles. The van der Waals surface area contributed by atoms with Crippen LogP contribution in [0.5, 0.6) is 0 Å². The van der Waals surface area contributed by atoms with Gasteiger partial charge in [0.05, 0.1) is 0 Å². The Hall–Kier alpha value is -2.04. The molecule has 126 valence electrons. The molecule has 1 amide bonds. The van der Waals surface area contributed by atoms with Crippen LogP contribution in [0.25, 0.3) is 11.1 Å². The molecule has 1 atom stereocenters. The molecule has 0 spiro atoms. The highest BCUT2D eigenvalue weighted by molar-refractivity contribution is 5.85. The van der Waals surface area contributed by atoms with Gasteiger partial charge in [0.25, 0.3) is 0 Å². The van der Waals surface area contributed by atoms with Gasteiger partial charge < -0.3 is 15.4 Å². The molecule has 1 heterocycles. The summed E-state index contributed by atoms with van der Waals surface area (Å²) in [5.74, 6) is 0.114. The molecular formula is C19H21ClN2O2. The number of ether oxygens (including phenoxy) is 1. The minimum absolute atomic E-state index is 0. The predicted octanol–water partition coefficient (Wildman–Crippen LogP) is 3.39. The van der Waals surface area contributed by atoms with Crippen molar-refractivity contribution >= 4 is 18.5 Å². The Morgan fingerprint density at radius 3 is 2.21 bits per heavy atom. The third-order valence-electron chi connectivity index (χ3n) is 4.82. The number of hydrogen-bond donors (Lipinski definition) is 1. The van der Waals surface area contributed by atoms with Crippen LogP contribution in [0, 0.1) is 0 Å². The van der Waals surface area contributed by atoms with E-state index >= 15 is 0 Å². The zero-order chi connectivity index (χ0) is 15.8. The lowest BCUT2D eigenvalue weighted by atomic mass is 9.98. The van der Waals surface area contributed by atoms with Crippen molar-refractivity contribution < 1.29 is 9.53 Å². The van der Waals surface area contributed by atoms with Crippen LogP contribution in [-0.4, -0.2) is 36.7 Å². The second-order valence-corrected chi connectivity index (χ2v) is 6.30. The number of benzene rings is 2. The first-order valence-electron chi connectivity index (χ1n) is 8.09. The zero-order valence-corrected chi connectivity index (χ0v) is 14.2. The summed E-state index contributed by atoms with van der Waals surface area (Å²) in [4.78, 5) is 13.9. The largest absolute Gasteiger partial charge is 0.448 e. The van der Waals surface area contributed by atoms with E-state index in [0.29, 0.717) is 19.7 Å². The Bertz CT molecular complexity index is 704. The van der Waals surface area contributed by atoms with Crippen LogP contribution in [0.4, 0.5) is 4.79 Å². The van der Waals surface area contributed by atoms with Crippen molar-refractivity contribution in [3.63, 3.8) is 0 Å². The summed E-state index contributed by atoms with van der Waals surface area (Å²) >= 11 is 0. The highest BCUT2D eigenvalue weighted by atomic mass is 35.5. The van der Waals surface area contributed by atoms with E-state index in [1.165, 1.54) is 22.3 Å². The lowest BCUT2D eigenvalue weighted by Crippen LogP contribution is -2.33. The van der Waals surface area contributed by atoms with Crippen LogP contribution in [0.1, 0.15) is 23.5 Å². The smallest absolute Gasteiger partial charge is 0.409 e. The monoisotopic (exact) mass is 344 g/mol. The maximum atomic E-state index is 12.2. The minimum Gasteiger partial charge on any atom is -0.448 e. The molecule has 0 aromatic heterocycles. The number of carbonyl (C=O) groups excluding carboxylic acids is 1. The Morgan fingerprint density at radius 2 is 1.67 bits per heavy atom. The summed E-state index contributed by atoms with van der Waals surface area (Å²) in [7, 11) is 0. The molecule has 1 saturated heterocycles. The Morgan fingerprint density at radius 1 is 1.08 bits per heavy atom. The number of amides is 1. The standard InChI is InChI=1S/C19H20N2O2.ClH/c20-13-9-10-21(11-13)19(22)23-12-18-16-7-3-1-5-14(16)15-6-2-4-8-17(15)18;/h1-8,13,18H,9-12,20H2;1H. The molecule has 4 nitrogen and oxygen atoms in total. The zero-order valence-electron chi connectivity index (χ0n) is 13.4. The van der Waals surface area contributed by atoms with E-state index in [1.54, 1.807) is 4.90 Å². The highest BCUT2D eigenvalue weighted by Gasteiger charge is 2.30. The Balaban J connectivity index is 0.00000169. The van der Waals surface area contributed by atoms with Crippen molar-refractivity contribution in [2.75, 3.05) is 19.7 Å². The lowest BCUT2D eigenvalue weighted by molar-refractivity contribution is 0.107. The highest BCUT2D eigenvalue weighted by Crippen LogP contribution is 2.44. The van der Waals surface area contributed by atoms with E-state index in [0.717, 1.165) is 6.42 Å². The molecule has 1 aliphatic heterocycles. The first-order chi connectivity index (χ1) is 11.2. The van der Waals surface area contributed by atoms with Crippen molar-refractivity contribution in [1.82, 2.24) is 4.90 Å². The van der Waals surface area contributed by atoms with Gasteiger partial charge in [-0.25, -0.2) is 4.79 Å². The lowest BCUT2D eigenvalue weighted by Gasteiger charge is -2.19. The molecule has 5 heteroatoms. The summed E-state index contributed by atoms with van der Waals surface area (Å²) in [5.41, 5.74) is 10.8. The van der Waals surface area contributed by atoms with E-state index in [9.17, 15) is 4.79 Å². The van der Waals surface area contributed by atoms with Crippen LogP contribution >= 0.6 is 12.4 Å². The molecule has 1 fully saturated rings. The van der Waals surface area contributed by atoms with Gasteiger partial charge in [-0.3, -0.25) is 0 Å². The van der Waals surface area contributed by atoms with Crippen molar-refractivity contribution in [3.8, 4) is 11.1 Å². The van der Waals surface area contributed by atoms with E-state index in [4.69, 9.17) is 10.5 Å². The van der Waals surface area contributed by atoms with E-state index in [1.807, 2.05) is 12.1 Å². The van der Waals surface area contributed by atoms with Gasteiger partial charge in [-0.15, -0.1) is 12.4 Å². The number of nitrogens with zero attached hydrogens (tertiary/aromatic N) is 1. The summed E-state index contributed by atoms with van der Waals surface area (Å²) in [6.07, 6.45) is 0.601. The SMILES string of the molecule is Cl.NC1CCN(C(=O)OCC2c3ccccc3-c3ccccc32)C1. The number of halogens is 1. The molecule has 0 bridgehead atoms. The number of carbonyl (C=O) groups is 1. The average Bonchev–Trinajstić information content (AvgIpc) is 3.15. The summed E-state index contributed by atoms with van der Waals surface area (Å²) < 4.78 is 5.60. The van der Waals surface area contributed by atoms with Crippen LogP contribution < -0.4 is 5.73 Å². The Kier molecular flexibility index (Phi) is 4.78. The molecule has 1 unspecified atom stereocenters. The van der Waals surface area contributed by atoms with Crippen LogP contribution in [0.2, 0.25) is 0 Å². The molecule has 2 aromatic rings. The molecule has 2 N–H and O–H groups in total. The third-order valence-corrected chi connectivity index (χ3v) is 4.82. The first kappa shape index (κ1) is 16.8. The van der Waals surface area contributed by atoms with Gasteiger partial charge in [0.1, 0.15) is 6.61 Å². The molecule has 1 aliphatic carbocycles. The predicted molar refractivity (Wildman–Crippen MR) is 96.5 cm³/mol. The maximum Gasteiger partial charge on any atom is 0.409 e. The number of likely N-dealkylation sites (tertiary alicyclic amines) is 1. The molecular weight excluding hydrogens is 324 g/mol. The van der Waals surface area contributed by atoms with Crippen LogP contribution in [0.3, 0.4) is 0 Å². The molecule has 0 radical (unpaired) electrons. The molecule has 0 saturated carbocycles. The topological polar surface area (TPSA) is 55.6 Å². The molecule has 2 aliphatic rings. The van der Waals surface area contributed by atoms with Crippen molar-refractivity contribution in [2.24, 2.45) is 5.73 Å². The minimum atomic E-state index is -0.250. The second-order valence-electron chi connectivity index (χ2n) is 6.30. The first-order valence-corrected chi connectivity index (χ1v) is 8.09. The van der Waals surface area contributed by atoms with Crippen molar-refractivity contribution in [1.29, 1.82) is 0 Å². The number of nitrogens with two attached hydrogens (primary N) is 1. The molecule has 4 rings (SSSR count). The fraction of sp³-hybridized carbons (Fsp3) is 0.316. The summed E-state index contributed by atoms with van der Waals surface area (Å²) in [6, 6.07) is 16.8. The molecule has 24 heavy (non-hydrogen) atoms. The average molecular weight is 345 g/mol. The van der Waals surface area contributed by atoms with Crippen LogP contribution in [0.15, 0.2) is 48.5 Å². The van der Waals surface area contributed by atoms with Gasteiger partial charge in [0.15, 0.2) is 0 Å². The van der Waals surface area contributed by atoms with Crippen molar-refractivity contribution in [2.45, 2.75) is 18.4 Å². The number of hydrogen-bond acceptors (Lipinski definition) is 3. The third kappa shape index (κ3) is 2.87. The van der Waals surface area contributed by atoms with Gasteiger partial charge in [-0.2, -0.15) is 0 Å². The second kappa shape index (κ2) is 6.83. The van der Waals surface area contributed by atoms with Gasteiger partial charge in [0, 0.05) is 25.0 Å². The summed E-state index contributed by atoms with van der Waals surface area (Å²) in [5, 5.41) is 0. The van der Waals surface area contributed by atoms with Gasteiger partial charge in [-0.05, 0) is 28.7 Å². The van der Waals surface area contributed by atoms with Gasteiger partial charge in [0.2, 0.25) is 0 Å². The van der Waals surface area contributed by atoms with E-state index < -0.39 is 0 Å². The normalized spacial score (nSPS) is 18.7. The fourth-order valence-corrected chi connectivity index (χ4v) is 3.64. The number of rotatable bonds is 2. The van der Waals surface area contributed by atoms with Crippen molar-refractivity contribution in [3.05, 3.63) is 59.7 Å². The van der Waals surface area contributed by atoms with E-state index in [-0.39, 0.29) is 30.5 Å². The Labute approximate surface area is 148 Å². The van der Waals surface area contributed by atoms with Gasteiger partial charge >= 0.3 is 6.09 Å². The van der Waals surface area contributed by atoms with Crippen LogP contribution in [-0.2, 0) is 4.74 Å². The number of fused-ring (bicyclic) bond motifs is 3. The summed E-state index contributed by atoms with van der Waals surface area (Å²) in [6.45, 7) is 1.66.